The molecule has 0 saturated carbocycles. The average Bonchev–Trinajstić information content (AvgIpc) is 3.25. The Balaban J connectivity index is 1.50. The van der Waals surface area contributed by atoms with E-state index in [0.717, 1.165) is 37.2 Å². The van der Waals surface area contributed by atoms with Crippen molar-refractivity contribution in [2.45, 2.75) is 64.4 Å². The highest BCUT2D eigenvalue weighted by molar-refractivity contribution is 6.32. The van der Waals surface area contributed by atoms with Crippen LogP contribution >= 0.6 is 11.6 Å². The van der Waals surface area contributed by atoms with Crippen molar-refractivity contribution < 1.29 is 14.3 Å². The van der Waals surface area contributed by atoms with Crippen molar-refractivity contribution in [1.29, 1.82) is 0 Å². The zero-order chi connectivity index (χ0) is 19.2. The van der Waals surface area contributed by atoms with Crippen molar-refractivity contribution in [3.63, 3.8) is 0 Å². The van der Waals surface area contributed by atoms with Crippen LogP contribution in [0, 0.1) is 5.92 Å². The molecule has 3 saturated heterocycles. The lowest BCUT2D eigenvalue weighted by molar-refractivity contribution is -0.139. The van der Waals surface area contributed by atoms with Crippen LogP contribution in [0.2, 0.25) is 5.02 Å². The fourth-order valence-corrected chi connectivity index (χ4v) is 5.11. The number of rotatable bonds is 6. The second-order valence-corrected chi connectivity index (χ2v) is 8.69. The van der Waals surface area contributed by atoms with E-state index in [1.54, 1.807) is 0 Å². The molecule has 27 heavy (non-hydrogen) atoms. The summed E-state index contributed by atoms with van der Waals surface area (Å²) in [5.74, 6) is 1.39. The minimum absolute atomic E-state index is 0.128. The van der Waals surface area contributed by atoms with Gasteiger partial charge in [0.15, 0.2) is 5.72 Å². The van der Waals surface area contributed by atoms with E-state index in [1.165, 1.54) is 0 Å². The molecule has 148 valence electrons. The van der Waals surface area contributed by atoms with Gasteiger partial charge in [0.2, 0.25) is 5.91 Å². The lowest BCUT2D eigenvalue weighted by Crippen LogP contribution is -2.50. The predicted molar refractivity (Wildman–Crippen MR) is 105 cm³/mol. The van der Waals surface area contributed by atoms with Crippen molar-refractivity contribution in [2.24, 2.45) is 5.92 Å². The Labute approximate surface area is 166 Å². The van der Waals surface area contributed by atoms with E-state index in [1.807, 2.05) is 12.1 Å². The molecule has 6 heteroatoms. The number of hydrogen-bond acceptors (Lipinski definition) is 4. The van der Waals surface area contributed by atoms with Crippen LogP contribution in [0.1, 0.15) is 45.6 Å². The summed E-state index contributed by atoms with van der Waals surface area (Å²) in [7, 11) is 0. The maximum atomic E-state index is 12.8. The summed E-state index contributed by atoms with van der Waals surface area (Å²) in [6.45, 7) is 9.45. The van der Waals surface area contributed by atoms with Gasteiger partial charge in [0, 0.05) is 25.9 Å². The Morgan fingerprint density at radius 2 is 2.22 bits per heavy atom. The summed E-state index contributed by atoms with van der Waals surface area (Å²) in [6.07, 6.45) is 2.39. The van der Waals surface area contributed by atoms with Gasteiger partial charge in [-0.1, -0.05) is 38.4 Å². The summed E-state index contributed by atoms with van der Waals surface area (Å²) < 4.78 is 12.0. The molecule has 4 rings (SSSR count). The SMILES string of the molecule is CCCOc1ccc(CN2CC[C@@]34OC[C@@H](C(C)C)N3C(=O)C[C@@H]24)cc1Cl. The van der Waals surface area contributed by atoms with Crippen molar-refractivity contribution in [3.8, 4) is 5.75 Å². The summed E-state index contributed by atoms with van der Waals surface area (Å²) in [5.41, 5.74) is 0.727. The Kier molecular flexibility index (Phi) is 5.12. The van der Waals surface area contributed by atoms with E-state index in [-0.39, 0.29) is 18.0 Å². The van der Waals surface area contributed by atoms with Gasteiger partial charge in [0.05, 0.1) is 30.3 Å². The molecule has 1 aromatic carbocycles. The molecule has 3 atom stereocenters. The molecule has 1 spiro atoms. The molecule has 0 radical (unpaired) electrons. The molecule has 3 fully saturated rings. The van der Waals surface area contributed by atoms with Crippen LogP contribution in [0.4, 0.5) is 0 Å². The Bertz CT molecular complexity index is 725. The van der Waals surface area contributed by atoms with E-state index in [0.29, 0.717) is 30.6 Å². The van der Waals surface area contributed by atoms with Gasteiger partial charge in [-0.05, 0) is 30.0 Å². The van der Waals surface area contributed by atoms with Crippen molar-refractivity contribution in [1.82, 2.24) is 9.80 Å². The van der Waals surface area contributed by atoms with Crippen LogP contribution in [0.5, 0.6) is 5.75 Å². The van der Waals surface area contributed by atoms with Gasteiger partial charge in [0.25, 0.3) is 0 Å². The molecule has 0 aliphatic carbocycles. The number of hydrogen-bond donors (Lipinski definition) is 0. The first-order chi connectivity index (χ1) is 13.0. The highest BCUT2D eigenvalue weighted by Gasteiger charge is 2.64. The number of amides is 1. The van der Waals surface area contributed by atoms with Gasteiger partial charge < -0.3 is 14.4 Å². The largest absolute Gasteiger partial charge is 0.492 e. The highest BCUT2D eigenvalue weighted by Crippen LogP contribution is 2.49. The lowest BCUT2D eigenvalue weighted by atomic mass is 10.0. The Morgan fingerprint density at radius 3 is 2.93 bits per heavy atom. The third-order valence-electron chi connectivity index (χ3n) is 6.21. The second kappa shape index (κ2) is 7.26. The maximum Gasteiger partial charge on any atom is 0.226 e. The van der Waals surface area contributed by atoms with E-state index < -0.39 is 5.72 Å². The zero-order valence-corrected chi connectivity index (χ0v) is 17.2. The molecule has 0 N–H and O–H groups in total. The zero-order valence-electron chi connectivity index (χ0n) is 16.4. The fourth-order valence-electron chi connectivity index (χ4n) is 4.85. The van der Waals surface area contributed by atoms with Crippen LogP contribution in [0.25, 0.3) is 0 Å². The first-order valence-corrected chi connectivity index (χ1v) is 10.5. The molecular weight excluding hydrogens is 364 g/mol. The van der Waals surface area contributed by atoms with E-state index in [2.05, 4.69) is 36.6 Å². The van der Waals surface area contributed by atoms with Gasteiger partial charge in [-0.2, -0.15) is 0 Å². The molecule has 1 amide bonds. The first-order valence-electron chi connectivity index (χ1n) is 10.1. The third-order valence-corrected chi connectivity index (χ3v) is 6.51. The van der Waals surface area contributed by atoms with Crippen LogP contribution < -0.4 is 4.74 Å². The number of benzene rings is 1. The Morgan fingerprint density at radius 1 is 1.41 bits per heavy atom. The summed E-state index contributed by atoms with van der Waals surface area (Å²) >= 11 is 6.40. The van der Waals surface area contributed by atoms with Gasteiger partial charge >= 0.3 is 0 Å². The van der Waals surface area contributed by atoms with E-state index in [4.69, 9.17) is 21.1 Å². The predicted octanol–water partition coefficient (Wildman–Crippen LogP) is 3.69. The summed E-state index contributed by atoms with van der Waals surface area (Å²) in [5, 5.41) is 0.649. The molecule has 3 aliphatic heterocycles. The lowest BCUT2D eigenvalue weighted by Gasteiger charge is -2.34. The third kappa shape index (κ3) is 3.14. The molecule has 0 bridgehead atoms. The molecule has 0 unspecified atom stereocenters. The normalized spacial score (nSPS) is 30.3. The van der Waals surface area contributed by atoms with Crippen LogP contribution in [-0.4, -0.2) is 53.3 Å². The average molecular weight is 393 g/mol. The number of ether oxygens (including phenoxy) is 2. The number of likely N-dealkylation sites (tertiary alicyclic amines) is 1. The van der Waals surface area contributed by atoms with Gasteiger partial charge in [-0.3, -0.25) is 9.69 Å². The molecular formula is C21H29ClN2O3. The number of nitrogens with zero attached hydrogens (tertiary/aromatic N) is 2. The summed E-state index contributed by atoms with van der Waals surface area (Å²) in [4.78, 5) is 17.2. The topological polar surface area (TPSA) is 42.0 Å². The van der Waals surface area contributed by atoms with Crippen molar-refractivity contribution in [3.05, 3.63) is 28.8 Å². The molecule has 0 aromatic heterocycles. The molecule has 5 nitrogen and oxygen atoms in total. The van der Waals surface area contributed by atoms with Gasteiger partial charge in [-0.25, -0.2) is 0 Å². The van der Waals surface area contributed by atoms with E-state index in [9.17, 15) is 4.79 Å². The molecule has 3 heterocycles. The number of halogens is 1. The standard InChI is InChI=1S/C21H29ClN2O3/c1-4-9-26-18-6-5-15(10-16(18)22)12-23-8-7-21-19(23)11-20(25)24(21)17(13-27-21)14(2)3/h5-6,10,14,17,19H,4,7-9,11-13H2,1-3H3/t17-,19+,21-/m0/s1. The first kappa shape index (κ1) is 19.0. The quantitative estimate of drug-likeness (QED) is 0.740. The van der Waals surface area contributed by atoms with Gasteiger partial charge in [0.1, 0.15) is 5.75 Å². The minimum Gasteiger partial charge on any atom is -0.492 e. The maximum absolute atomic E-state index is 12.8. The monoisotopic (exact) mass is 392 g/mol. The summed E-state index contributed by atoms with van der Waals surface area (Å²) in [6, 6.07) is 6.34. The van der Waals surface area contributed by atoms with Crippen LogP contribution in [0.15, 0.2) is 18.2 Å². The Hall–Kier alpha value is -1.30. The number of carbonyl (C=O) groups is 1. The van der Waals surface area contributed by atoms with Crippen molar-refractivity contribution >= 4 is 17.5 Å². The smallest absolute Gasteiger partial charge is 0.226 e. The van der Waals surface area contributed by atoms with E-state index >= 15 is 0 Å². The second-order valence-electron chi connectivity index (χ2n) is 8.28. The van der Waals surface area contributed by atoms with Crippen LogP contribution in [-0.2, 0) is 16.1 Å². The van der Waals surface area contributed by atoms with Crippen molar-refractivity contribution in [2.75, 3.05) is 19.8 Å². The fraction of sp³-hybridized carbons (Fsp3) is 0.667. The molecule has 1 aromatic rings. The van der Waals surface area contributed by atoms with Gasteiger partial charge in [-0.15, -0.1) is 0 Å². The number of carbonyl (C=O) groups excluding carboxylic acids is 1. The molecule has 3 aliphatic rings. The minimum atomic E-state index is -0.417. The van der Waals surface area contributed by atoms with Crippen LogP contribution in [0.3, 0.4) is 0 Å². The highest BCUT2D eigenvalue weighted by atomic mass is 35.5.